The maximum Gasteiger partial charge on any atom is -0.00262 e. The minimum Gasteiger partial charge on any atom is -0.0616 e. The van der Waals surface area contributed by atoms with Gasteiger partial charge in [0.25, 0.3) is 0 Å². The van der Waals surface area contributed by atoms with Crippen LogP contribution in [0.25, 0.3) is 120 Å². The van der Waals surface area contributed by atoms with Crippen molar-refractivity contribution in [2.75, 3.05) is 0 Å². The Hall–Kier alpha value is -7.80. The first-order valence-corrected chi connectivity index (χ1v) is 20.8. The third-order valence-electron chi connectivity index (χ3n) is 12.6. The predicted molar refractivity (Wildman–Crippen MR) is 259 cm³/mol. The average Bonchev–Trinajstić information content (AvgIpc) is 3.32. The van der Waals surface area contributed by atoms with Gasteiger partial charge in [0.2, 0.25) is 0 Å². The van der Waals surface area contributed by atoms with Gasteiger partial charge in [-0.1, -0.05) is 200 Å². The van der Waals surface area contributed by atoms with Crippen molar-refractivity contribution in [3.05, 3.63) is 231 Å². The van der Waals surface area contributed by atoms with E-state index in [1.807, 2.05) is 0 Å². The molecule has 0 N–H and O–H groups in total. The molecular formula is C60H38. The summed E-state index contributed by atoms with van der Waals surface area (Å²) in [6.45, 7) is 0. The molecule has 12 aromatic rings. The van der Waals surface area contributed by atoms with Crippen LogP contribution in [0.3, 0.4) is 0 Å². The van der Waals surface area contributed by atoms with Crippen molar-refractivity contribution in [1.29, 1.82) is 0 Å². The Bertz CT molecular complexity index is 3650. The standard InChI is InChI=1S/C60H38/c1-2-16-44-34-45(28-26-39(44)12-1)46-29-27-43-30-33-57(55-24-10-18-41-14-4-7-21-51(41)55)60(58(43)37-46)47-31-32-54-48(35-47)36-49(53-23-9-17-40-13-3-6-20-50(40)53)38-59(54)56-25-11-19-42-15-5-8-22-52(42)56/h1-38H. The smallest absolute Gasteiger partial charge is 0.00262 e. The molecule has 0 amide bonds. The monoisotopic (exact) mass is 758 g/mol. The Kier molecular flexibility index (Phi) is 7.96. The Balaban J connectivity index is 1.16. The Labute approximate surface area is 349 Å². The van der Waals surface area contributed by atoms with Crippen molar-refractivity contribution in [2.24, 2.45) is 0 Å². The summed E-state index contributed by atoms with van der Waals surface area (Å²) in [5, 5.41) is 14.9. The molecule has 0 fully saturated rings. The van der Waals surface area contributed by atoms with Gasteiger partial charge in [-0.15, -0.1) is 0 Å². The summed E-state index contributed by atoms with van der Waals surface area (Å²) < 4.78 is 0. The Morgan fingerprint density at radius 1 is 0.167 bits per heavy atom. The van der Waals surface area contributed by atoms with E-state index in [9.17, 15) is 0 Å². The van der Waals surface area contributed by atoms with Crippen molar-refractivity contribution >= 4 is 64.6 Å². The van der Waals surface area contributed by atoms with E-state index in [4.69, 9.17) is 0 Å². The molecule has 12 aromatic carbocycles. The highest BCUT2D eigenvalue weighted by Gasteiger charge is 2.18. The normalized spacial score (nSPS) is 11.7. The summed E-state index contributed by atoms with van der Waals surface area (Å²) in [4.78, 5) is 0. The molecule has 0 aromatic heterocycles. The van der Waals surface area contributed by atoms with Crippen LogP contribution < -0.4 is 0 Å². The van der Waals surface area contributed by atoms with Crippen molar-refractivity contribution in [1.82, 2.24) is 0 Å². The highest BCUT2D eigenvalue weighted by molar-refractivity contribution is 6.13. The number of benzene rings is 12. The maximum atomic E-state index is 2.45. The lowest BCUT2D eigenvalue weighted by Gasteiger charge is -2.19. The van der Waals surface area contributed by atoms with Crippen LogP contribution in [-0.4, -0.2) is 0 Å². The molecule has 0 atom stereocenters. The van der Waals surface area contributed by atoms with Crippen LogP contribution in [0.2, 0.25) is 0 Å². The average molecular weight is 759 g/mol. The van der Waals surface area contributed by atoms with Gasteiger partial charge in [0, 0.05) is 0 Å². The number of rotatable bonds is 5. The zero-order valence-electron chi connectivity index (χ0n) is 32.9. The van der Waals surface area contributed by atoms with Gasteiger partial charge in [-0.2, -0.15) is 0 Å². The molecule has 0 bridgehead atoms. The van der Waals surface area contributed by atoms with E-state index in [1.54, 1.807) is 0 Å². The van der Waals surface area contributed by atoms with Gasteiger partial charge >= 0.3 is 0 Å². The van der Waals surface area contributed by atoms with E-state index < -0.39 is 0 Å². The van der Waals surface area contributed by atoms with Crippen LogP contribution in [0, 0.1) is 0 Å². The minimum absolute atomic E-state index is 1.20. The largest absolute Gasteiger partial charge is 0.0616 e. The zero-order chi connectivity index (χ0) is 39.6. The molecule has 12 rings (SSSR count). The fourth-order valence-electron chi connectivity index (χ4n) is 9.70. The van der Waals surface area contributed by atoms with E-state index >= 15 is 0 Å². The molecule has 278 valence electrons. The van der Waals surface area contributed by atoms with Crippen LogP contribution in [0.5, 0.6) is 0 Å². The van der Waals surface area contributed by atoms with E-state index in [0.29, 0.717) is 0 Å². The van der Waals surface area contributed by atoms with Crippen molar-refractivity contribution in [3.8, 4) is 55.6 Å². The van der Waals surface area contributed by atoms with Gasteiger partial charge in [0.05, 0.1) is 0 Å². The SMILES string of the molecule is c1ccc2cc(-c3ccc4ccc(-c5cccc6ccccc56)c(-c5ccc6c(-c7cccc8ccccc78)cc(-c7cccc8ccccc78)cc6c5)c4c3)ccc2c1. The molecule has 0 unspecified atom stereocenters. The zero-order valence-corrected chi connectivity index (χ0v) is 32.9. The molecule has 0 saturated carbocycles. The quantitative estimate of drug-likeness (QED) is 0.164. The summed E-state index contributed by atoms with van der Waals surface area (Å²) in [5.41, 5.74) is 12.3. The molecule has 0 nitrogen and oxygen atoms in total. The van der Waals surface area contributed by atoms with E-state index in [0.717, 1.165) is 0 Å². The highest BCUT2D eigenvalue weighted by atomic mass is 14.2. The van der Waals surface area contributed by atoms with Crippen LogP contribution >= 0.6 is 0 Å². The fourth-order valence-corrected chi connectivity index (χ4v) is 9.70. The van der Waals surface area contributed by atoms with E-state index in [2.05, 4.69) is 231 Å². The third kappa shape index (κ3) is 5.69. The van der Waals surface area contributed by atoms with Crippen LogP contribution in [0.1, 0.15) is 0 Å². The van der Waals surface area contributed by atoms with Gasteiger partial charge in [0.1, 0.15) is 0 Å². The summed E-state index contributed by atoms with van der Waals surface area (Å²) in [7, 11) is 0. The highest BCUT2D eigenvalue weighted by Crippen LogP contribution is 2.45. The lowest BCUT2D eigenvalue weighted by atomic mass is 9.85. The second-order valence-corrected chi connectivity index (χ2v) is 16.0. The minimum atomic E-state index is 1.20. The second kappa shape index (κ2) is 13.9. The summed E-state index contributed by atoms with van der Waals surface area (Å²) in [6.07, 6.45) is 0. The molecule has 0 spiro atoms. The van der Waals surface area contributed by atoms with Gasteiger partial charge in [-0.05, 0) is 151 Å². The number of fused-ring (bicyclic) bond motifs is 6. The van der Waals surface area contributed by atoms with Gasteiger partial charge in [0.15, 0.2) is 0 Å². The van der Waals surface area contributed by atoms with Crippen LogP contribution in [-0.2, 0) is 0 Å². The topological polar surface area (TPSA) is 0 Å². The summed E-state index contributed by atoms with van der Waals surface area (Å²) in [5.74, 6) is 0. The molecule has 0 heterocycles. The van der Waals surface area contributed by atoms with Crippen molar-refractivity contribution in [3.63, 3.8) is 0 Å². The predicted octanol–water partition coefficient (Wildman–Crippen LogP) is 16.9. The lowest BCUT2D eigenvalue weighted by Crippen LogP contribution is -1.92. The second-order valence-electron chi connectivity index (χ2n) is 16.0. The molecule has 0 radical (unpaired) electrons. The van der Waals surface area contributed by atoms with Crippen molar-refractivity contribution < 1.29 is 0 Å². The van der Waals surface area contributed by atoms with E-state index in [1.165, 1.54) is 120 Å². The first-order valence-electron chi connectivity index (χ1n) is 20.8. The number of hydrogen-bond donors (Lipinski definition) is 0. The van der Waals surface area contributed by atoms with Crippen LogP contribution in [0.4, 0.5) is 0 Å². The first-order chi connectivity index (χ1) is 29.7. The molecule has 0 aliphatic heterocycles. The molecule has 0 aliphatic carbocycles. The lowest BCUT2D eigenvalue weighted by molar-refractivity contribution is 1.62. The van der Waals surface area contributed by atoms with Crippen LogP contribution in [0.15, 0.2) is 231 Å². The molecular weight excluding hydrogens is 721 g/mol. The van der Waals surface area contributed by atoms with E-state index in [-0.39, 0.29) is 0 Å². The fraction of sp³-hybridized carbons (Fsp3) is 0. The molecule has 0 heteroatoms. The summed E-state index contributed by atoms with van der Waals surface area (Å²) in [6, 6.07) is 85.5. The molecule has 0 saturated heterocycles. The Morgan fingerprint density at radius 2 is 0.600 bits per heavy atom. The van der Waals surface area contributed by atoms with Gasteiger partial charge in [-0.3, -0.25) is 0 Å². The number of hydrogen-bond acceptors (Lipinski definition) is 0. The Morgan fingerprint density at radius 3 is 1.28 bits per heavy atom. The third-order valence-corrected chi connectivity index (χ3v) is 12.6. The first kappa shape index (κ1) is 34.3. The molecule has 60 heavy (non-hydrogen) atoms. The summed E-state index contributed by atoms with van der Waals surface area (Å²) >= 11 is 0. The van der Waals surface area contributed by atoms with Gasteiger partial charge < -0.3 is 0 Å². The molecule has 0 aliphatic rings. The maximum absolute atomic E-state index is 2.45. The van der Waals surface area contributed by atoms with Gasteiger partial charge in [-0.25, -0.2) is 0 Å². The van der Waals surface area contributed by atoms with Crippen molar-refractivity contribution in [2.45, 2.75) is 0 Å².